The van der Waals surface area contributed by atoms with Crippen LogP contribution >= 0.6 is 12.6 Å². The molecule has 158 valence electrons. The number of hydrogen-bond donors (Lipinski definition) is 5. The van der Waals surface area contributed by atoms with Crippen LogP contribution in [0.1, 0.15) is 103 Å². The molecule has 0 aliphatic carbocycles. The van der Waals surface area contributed by atoms with Gasteiger partial charge in [0.1, 0.15) is 4.93 Å². The third kappa shape index (κ3) is 10.5. The van der Waals surface area contributed by atoms with E-state index in [9.17, 15) is 20.4 Å². The first kappa shape index (κ1) is 26.2. The molecule has 4 nitrogen and oxygen atoms in total. The van der Waals surface area contributed by atoms with Gasteiger partial charge >= 0.3 is 0 Å². The summed E-state index contributed by atoms with van der Waals surface area (Å²) in [5, 5.41) is 38.6. The average Bonchev–Trinajstić information content (AvgIpc) is 2.63. The van der Waals surface area contributed by atoms with Crippen molar-refractivity contribution in [1.82, 2.24) is 0 Å². The molecule has 0 bridgehead atoms. The monoisotopic (exact) mass is 392 g/mol. The molecule has 0 amide bonds. The molecule has 0 aliphatic rings. The van der Waals surface area contributed by atoms with Gasteiger partial charge in [-0.2, -0.15) is 0 Å². The van der Waals surface area contributed by atoms with Crippen LogP contribution in [0.15, 0.2) is 0 Å². The Morgan fingerprint density at radius 3 is 1.19 bits per heavy atom. The fourth-order valence-electron chi connectivity index (χ4n) is 3.36. The van der Waals surface area contributed by atoms with Crippen LogP contribution in [0, 0.1) is 5.41 Å². The van der Waals surface area contributed by atoms with Crippen molar-refractivity contribution in [2.45, 2.75) is 108 Å². The fraction of sp³-hybridized carbons (Fsp3) is 1.00. The van der Waals surface area contributed by atoms with Crippen LogP contribution in [-0.2, 0) is 0 Å². The summed E-state index contributed by atoms with van der Waals surface area (Å²) in [5.41, 5.74) is -1.35. The second-order valence-corrected chi connectivity index (χ2v) is 8.66. The van der Waals surface area contributed by atoms with Crippen molar-refractivity contribution in [3.63, 3.8) is 0 Å². The summed E-state index contributed by atoms with van der Waals surface area (Å²) in [7, 11) is 0. The molecule has 0 radical (unpaired) electrons. The Hall–Kier alpha value is 0.190. The predicted molar refractivity (Wildman–Crippen MR) is 113 cm³/mol. The van der Waals surface area contributed by atoms with Crippen LogP contribution in [0.4, 0.5) is 0 Å². The van der Waals surface area contributed by atoms with E-state index in [1.807, 2.05) is 0 Å². The van der Waals surface area contributed by atoms with Crippen molar-refractivity contribution in [2.75, 3.05) is 19.8 Å². The van der Waals surface area contributed by atoms with Crippen molar-refractivity contribution in [3.8, 4) is 0 Å². The van der Waals surface area contributed by atoms with E-state index in [-0.39, 0.29) is 0 Å². The topological polar surface area (TPSA) is 80.9 Å². The zero-order chi connectivity index (χ0) is 19.7. The maximum atomic E-state index is 10.4. The molecule has 0 saturated heterocycles. The lowest BCUT2D eigenvalue weighted by molar-refractivity contribution is -0.105. The highest BCUT2D eigenvalue weighted by Crippen LogP contribution is 2.38. The zero-order valence-corrected chi connectivity index (χ0v) is 17.9. The van der Waals surface area contributed by atoms with Gasteiger partial charge in [0.05, 0.1) is 25.2 Å². The molecule has 4 N–H and O–H groups in total. The van der Waals surface area contributed by atoms with Gasteiger partial charge in [-0.3, -0.25) is 0 Å². The molecule has 0 aromatic heterocycles. The molecule has 0 aromatic rings. The summed E-state index contributed by atoms with van der Waals surface area (Å²) in [6.45, 7) is 0.793. The van der Waals surface area contributed by atoms with Crippen LogP contribution in [0.25, 0.3) is 0 Å². The van der Waals surface area contributed by atoms with E-state index in [2.05, 4.69) is 19.6 Å². The number of aliphatic hydroxyl groups excluding tert-OH is 3. The summed E-state index contributed by atoms with van der Waals surface area (Å²) in [5.74, 6) is 0. The van der Waals surface area contributed by atoms with Crippen molar-refractivity contribution in [1.29, 1.82) is 0 Å². The van der Waals surface area contributed by atoms with Crippen LogP contribution in [-0.4, -0.2) is 45.2 Å². The molecule has 1 unspecified atom stereocenters. The molecule has 1 atom stereocenters. The van der Waals surface area contributed by atoms with E-state index in [4.69, 9.17) is 0 Å². The number of thiol groups is 1. The summed E-state index contributed by atoms with van der Waals surface area (Å²) < 4.78 is 0. The average molecular weight is 393 g/mol. The second kappa shape index (κ2) is 16.2. The first-order valence-corrected chi connectivity index (χ1v) is 11.2. The SMILES string of the molecule is CCCCCCCCCCCCCCCCC(O)(S)C(CO)(CO)CO. The Morgan fingerprint density at radius 2 is 0.885 bits per heavy atom. The van der Waals surface area contributed by atoms with Crippen LogP contribution < -0.4 is 0 Å². The molecule has 0 aliphatic heterocycles. The van der Waals surface area contributed by atoms with Crippen molar-refractivity contribution < 1.29 is 20.4 Å². The number of hydrogen-bond acceptors (Lipinski definition) is 5. The maximum absolute atomic E-state index is 10.4. The van der Waals surface area contributed by atoms with Crippen molar-refractivity contribution >= 4 is 12.6 Å². The summed E-state index contributed by atoms with van der Waals surface area (Å²) in [6, 6.07) is 0. The standard InChI is InChI=1S/C21H44O4S/c1-2-3-4-5-6-7-8-9-10-11-12-13-14-15-16-21(25,26)20(17-22,18-23)19-24/h22-26H,2-19H2,1H3. The third-order valence-corrected chi connectivity index (χ3v) is 6.33. The van der Waals surface area contributed by atoms with Gasteiger partial charge < -0.3 is 20.4 Å². The lowest BCUT2D eigenvalue weighted by Crippen LogP contribution is -2.52. The molecule has 0 heterocycles. The van der Waals surface area contributed by atoms with Gasteiger partial charge in [0, 0.05) is 0 Å². The Morgan fingerprint density at radius 1 is 0.577 bits per heavy atom. The van der Waals surface area contributed by atoms with Gasteiger partial charge in [0.15, 0.2) is 0 Å². The first-order valence-electron chi connectivity index (χ1n) is 10.8. The molecule has 0 fully saturated rings. The first-order chi connectivity index (χ1) is 12.5. The Balaban J connectivity index is 3.56. The maximum Gasteiger partial charge on any atom is 0.119 e. The molecule has 0 saturated carbocycles. The highest BCUT2D eigenvalue weighted by Gasteiger charge is 2.46. The molecule has 0 aromatic carbocycles. The van der Waals surface area contributed by atoms with Gasteiger partial charge in [-0.1, -0.05) is 90.4 Å². The van der Waals surface area contributed by atoms with Crippen LogP contribution in [0.2, 0.25) is 0 Å². The molecule has 0 rings (SSSR count). The number of rotatable bonds is 19. The van der Waals surface area contributed by atoms with E-state index in [0.717, 1.165) is 19.3 Å². The quantitative estimate of drug-likeness (QED) is 0.128. The highest BCUT2D eigenvalue weighted by molar-refractivity contribution is 7.81. The summed E-state index contributed by atoms with van der Waals surface area (Å²) in [6.07, 6.45) is 18.0. The van der Waals surface area contributed by atoms with Crippen molar-refractivity contribution in [3.05, 3.63) is 0 Å². The Kier molecular flexibility index (Phi) is 16.3. The van der Waals surface area contributed by atoms with Crippen molar-refractivity contribution in [2.24, 2.45) is 5.41 Å². The molecule has 0 spiro atoms. The predicted octanol–water partition coefficient (Wildman–Crippen LogP) is 4.44. The van der Waals surface area contributed by atoms with E-state index in [1.165, 1.54) is 70.6 Å². The van der Waals surface area contributed by atoms with E-state index >= 15 is 0 Å². The number of unbranched alkanes of at least 4 members (excludes halogenated alkanes) is 13. The summed E-state index contributed by atoms with van der Waals surface area (Å²) >= 11 is 4.20. The Labute approximate surface area is 166 Å². The van der Waals surface area contributed by atoms with Gasteiger partial charge in [0.2, 0.25) is 0 Å². The molecular weight excluding hydrogens is 348 g/mol. The van der Waals surface area contributed by atoms with Crippen LogP contribution in [0.3, 0.4) is 0 Å². The van der Waals surface area contributed by atoms with Gasteiger partial charge in [0.25, 0.3) is 0 Å². The minimum Gasteiger partial charge on any atom is -0.395 e. The lowest BCUT2D eigenvalue weighted by Gasteiger charge is -2.40. The molecule has 26 heavy (non-hydrogen) atoms. The van der Waals surface area contributed by atoms with E-state index in [1.54, 1.807) is 0 Å². The summed E-state index contributed by atoms with van der Waals surface area (Å²) in [4.78, 5) is -1.55. The van der Waals surface area contributed by atoms with Gasteiger partial charge in [-0.05, 0) is 12.8 Å². The van der Waals surface area contributed by atoms with E-state index in [0.29, 0.717) is 6.42 Å². The second-order valence-electron chi connectivity index (χ2n) is 7.92. The van der Waals surface area contributed by atoms with Gasteiger partial charge in [-0.15, -0.1) is 12.6 Å². The van der Waals surface area contributed by atoms with Crippen LogP contribution in [0.5, 0.6) is 0 Å². The largest absolute Gasteiger partial charge is 0.395 e. The smallest absolute Gasteiger partial charge is 0.119 e. The highest BCUT2D eigenvalue weighted by atomic mass is 32.1. The minimum atomic E-state index is -1.55. The fourth-order valence-corrected chi connectivity index (χ4v) is 3.73. The Bertz CT molecular complexity index is 298. The molecular formula is C21H44O4S. The zero-order valence-electron chi connectivity index (χ0n) is 17.0. The van der Waals surface area contributed by atoms with Gasteiger partial charge in [-0.25, -0.2) is 0 Å². The third-order valence-electron chi connectivity index (χ3n) is 5.64. The minimum absolute atomic E-state index is 0.357. The normalized spacial score (nSPS) is 14.5. The van der Waals surface area contributed by atoms with E-state index < -0.39 is 30.2 Å². The lowest BCUT2D eigenvalue weighted by atomic mass is 9.81. The molecule has 5 heteroatoms. The number of aliphatic hydroxyl groups is 4.